The topological polar surface area (TPSA) is 45.4 Å². The van der Waals surface area contributed by atoms with Gasteiger partial charge < -0.3 is 14.8 Å². The van der Waals surface area contributed by atoms with Crippen LogP contribution in [0.3, 0.4) is 0 Å². The maximum Gasteiger partial charge on any atom is 0.164 e. The smallest absolute Gasteiger partial charge is 0.164 e. The summed E-state index contributed by atoms with van der Waals surface area (Å²) in [6.45, 7) is 1.87. The van der Waals surface area contributed by atoms with E-state index in [1.165, 1.54) is 12.1 Å². The molecule has 124 valence electrons. The lowest BCUT2D eigenvalue weighted by Crippen LogP contribution is -1.92. The van der Waals surface area contributed by atoms with Crippen molar-refractivity contribution in [1.82, 2.24) is 4.57 Å². The Balaban J connectivity index is 1.81. The van der Waals surface area contributed by atoms with Gasteiger partial charge in [-0.2, -0.15) is 0 Å². The summed E-state index contributed by atoms with van der Waals surface area (Å²) in [4.78, 5) is 0. The van der Waals surface area contributed by atoms with Crippen LogP contribution in [-0.2, 0) is 0 Å². The summed E-state index contributed by atoms with van der Waals surface area (Å²) < 4.78 is 15.2. The van der Waals surface area contributed by atoms with E-state index in [0.29, 0.717) is 5.69 Å². The zero-order chi connectivity index (χ0) is 17.6. The largest absolute Gasteiger partial charge is 0.508 e. The van der Waals surface area contributed by atoms with Gasteiger partial charge in [0.15, 0.2) is 11.6 Å². The van der Waals surface area contributed by atoms with Crippen LogP contribution >= 0.6 is 0 Å². The number of halogens is 1. The van der Waals surface area contributed by atoms with E-state index >= 15 is 0 Å². The summed E-state index contributed by atoms with van der Waals surface area (Å²) in [5.74, 6) is -0.715. The molecular formula is C21H16FNO2. The molecule has 3 aromatic carbocycles. The molecule has 4 aromatic rings. The molecule has 1 heterocycles. The maximum atomic E-state index is 13.3. The van der Waals surface area contributed by atoms with E-state index in [-0.39, 0.29) is 11.5 Å². The number of aryl methyl sites for hydroxylation is 1. The predicted molar refractivity (Wildman–Crippen MR) is 96.7 cm³/mol. The second-order valence-corrected chi connectivity index (χ2v) is 6.10. The van der Waals surface area contributed by atoms with Gasteiger partial charge in [-0.3, -0.25) is 0 Å². The van der Waals surface area contributed by atoms with Gasteiger partial charge >= 0.3 is 0 Å². The fraction of sp³-hybridized carbons (Fsp3) is 0.0476. The van der Waals surface area contributed by atoms with Crippen LogP contribution in [0.1, 0.15) is 5.56 Å². The van der Waals surface area contributed by atoms with Gasteiger partial charge in [-0.05, 0) is 66.1 Å². The van der Waals surface area contributed by atoms with Crippen molar-refractivity contribution in [2.24, 2.45) is 0 Å². The molecule has 3 nitrogen and oxygen atoms in total. The van der Waals surface area contributed by atoms with Crippen LogP contribution in [0.5, 0.6) is 11.5 Å². The van der Waals surface area contributed by atoms with Crippen LogP contribution in [0.4, 0.5) is 4.39 Å². The highest BCUT2D eigenvalue weighted by Crippen LogP contribution is 2.30. The lowest BCUT2D eigenvalue weighted by molar-refractivity contribution is 0.432. The number of benzene rings is 3. The van der Waals surface area contributed by atoms with Crippen molar-refractivity contribution in [3.8, 4) is 28.3 Å². The number of phenolic OH excluding ortho intramolecular Hbond substituents is 2. The van der Waals surface area contributed by atoms with E-state index in [0.717, 1.165) is 27.6 Å². The summed E-state index contributed by atoms with van der Waals surface area (Å²) in [7, 11) is 0. The Bertz CT molecular complexity index is 1100. The Kier molecular flexibility index (Phi) is 3.46. The van der Waals surface area contributed by atoms with Crippen molar-refractivity contribution >= 4 is 10.9 Å². The highest BCUT2D eigenvalue weighted by atomic mass is 19.1. The SMILES string of the molecule is Cc1cc(-c2ccc3c(ccn3-c3ccc(F)c(O)c3)c2)ccc1O. The van der Waals surface area contributed by atoms with Gasteiger partial charge in [0.1, 0.15) is 5.75 Å². The summed E-state index contributed by atoms with van der Waals surface area (Å²) in [6.07, 6.45) is 1.89. The number of aromatic nitrogens is 1. The number of nitrogens with zero attached hydrogens (tertiary/aromatic N) is 1. The molecule has 0 aliphatic heterocycles. The Labute approximate surface area is 144 Å². The number of hydrogen-bond donors (Lipinski definition) is 2. The lowest BCUT2D eigenvalue weighted by atomic mass is 10.0. The van der Waals surface area contributed by atoms with E-state index in [1.54, 1.807) is 12.1 Å². The van der Waals surface area contributed by atoms with E-state index < -0.39 is 5.82 Å². The minimum Gasteiger partial charge on any atom is -0.508 e. The molecular weight excluding hydrogens is 317 g/mol. The first-order valence-electron chi connectivity index (χ1n) is 7.93. The minimum absolute atomic E-state index is 0.284. The molecule has 0 amide bonds. The molecule has 0 aliphatic rings. The lowest BCUT2D eigenvalue weighted by Gasteiger charge is -2.08. The Hall–Kier alpha value is -3.27. The zero-order valence-corrected chi connectivity index (χ0v) is 13.6. The highest BCUT2D eigenvalue weighted by molar-refractivity contribution is 5.87. The number of fused-ring (bicyclic) bond motifs is 1. The van der Waals surface area contributed by atoms with Gasteiger partial charge in [0.2, 0.25) is 0 Å². The molecule has 0 bridgehead atoms. The molecule has 0 saturated carbocycles. The Morgan fingerprint density at radius 1 is 0.800 bits per heavy atom. The first-order valence-corrected chi connectivity index (χ1v) is 7.93. The van der Waals surface area contributed by atoms with Crippen molar-refractivity contribution < 1.29 is 14.6 Å². The molecule has 0 atom stereocenters. The maximum absolute atomic E-state index is 13.3. The van der Waals surface area contributed by atoms with E-state index in [9.17, 15) is 14.6 Å². The van der Waals surface area contributed by atoms with Gasteiger partial charge in [-0.25, -0.2) is 4.39 Å². The molecule has 0 spiro atoms. The molecule has 1 aromatic heterocycles. The molecule has 0 aliphatic carbocycles. The molecule has 4 rings (SSSR count). The van der Waals surface area contributed by atoms with Gasteiger partial charge in [0.25, 0.3) is 0 Å². The molecule has 4 heteroatoms. The van der Waals surface area contributed by atoms with E-state index in [4.69, 9.17) is 0 Å². The van der Waals surface area contributed by atoms with Crippen LogP contribution in [0.2, 0.25) is 0 Å². The number of hydrogen-bond acceptors (Lipinski definition) is 2. The third kappa shape index (κ3) is 2.62. The van der Waals surface area contributed by atoms with Crippen LogP contribution in [0.25, 0.3) is 27.7 Å². The molecule has 0 unspecified atom stereocenters. The summed E-state index contributed by atoms with van der Waals surface area (Å²) >= 11 is 0. The minimum atomic E-state index is -0.634. The fourth-order valence-corrected chi connectivity index (χ4v) is 3.03. The van der Waals surface area contributed by atoms with Crippen LogP contribution in [-0.4, -0.2) is 14.8 Å². The average molecular weight is 333 g/mol. The molecule has 0 saturated heterocycles. The monoisotopic (exact) mass is 333 g/mol. The van der Waals surface area contributed by atoms with Crippen molar-refractivity contribution in [3.05, 3.63) is 78.2 Å². The first kappa shape index (κ1) is 15.3. The predicted octanol–water partition coefficient (Wildman–Crippen LogP) is 5.16. The van der Waals surface area contributed by atoms with Crippen molar-refractivity contribution in [3.63, 3.8) is 0 Å². The summed E-state index contributed by atoms with van der Waals surface area (Å²) in [6, 6.07) is 17.9. The van der Waals surface area contributed by atoms with Crippen LogP contribution < -0.4 is 0 Å². The number of phenols is 2. The third-order valence-corrected chi connectivity index (χ3v) is 4.43. The summed E-state index contributed by atoms with van der Waals surface area (Å²) in [5.41, 5.74) is 4.57. The zero-order valence-electron chi connectivity index (χ0n) is 13.6. The first-order chi connectivity index (χ1) is 12.0. The quantitative estimate of drug-likeness (QED) is 0.532. The highest BCUT2D eigenvalue weighted by Gasteiger charge is 2.08. The van der Waals surface area contributed by atoms with Crippen molar-refractivity contribution in [2.45, 2.75) is 6.92 Å². The Morgan fingerprint density at radius 3 is 2.32 bits per heavy atom. The van der Waals surface area contributed by atoms with E-state index in [2.05, 4.69) is 6.07 Å². The average Bonchev–Trinajstić information content (AvgIpc) is 3.03. The van der Waals surface area contributed by atoms with Crippen molar-refractivity contribution in [2.75, 3.05) is 0 Å². The van der Waals surface area contributed by atoms with Crippen LogP contribution in [0.15, 0.2) is 66.9 Å². The Morgan fingerprint density at radius 2 is 1.56 bits per heavy atom. The summed E-state index contributed by atoms with van der Waals surface area (Å²) in [5, 5.41) is 20.3. The number of rotatable bonds is 2. The van der Waals surface area contributed by atoms with E-state index in [1.807, 2.05) is 48.0 Å². The van der Waals surface area contributed by atoms with Gasteiger partial charge in [-0.15, -0.1) is 0 Å². The fourth-order valence-electron chi connectivity index (χ4n) is 3.03. The second-order valence-electron chi connectivity index (χ2n) is 6.10. The number of aromatic hydroxyl groups is 2. The third-order valence-electron chi connectivity index (χ3n) is 4.43. The van der Waals surface area contributed by atoms with Crippen molar-refractivity contribution in [1.29, 1.82) is 0 Å². The standard InChI is InChI=1S/C21H16FNO2/c1-13-10-14(3-7-20(13)24)15-2-6-19-16(11-15)8-9-23(19)17-4-5-18(22)21(25)12-17/h2-12,24-25H,1H3. The molecule has 2 N–H and O–H groups in total. The van der Waals surface area contributed by atoms with Gasteiger partial charge in [0, 0.05) is 23.3 Å². The molecule has 25 heavy (non-hydrogen) atoms. The van der Waals surface area contributed by atoms with Gasteiger partial charge in [-0.1, -0.05) is 12.1 Å². The van der Waals surface area contributed by atoms with Gasteiger partial charge in [0.05, 0.1) is 5.52 Å². The molecule has 0 radical (unpaired) electrons. The normalized spacial score (nSPS) is 11.1. The molecule has 0 fully saturated rings. The van der Waals surface area contributed by atoms with Crippen LogP contribution in [0, 0.1) is 12.7 Å². The second kappa shape index (κ2) is 5.67.